The van der Waals surface area contributed by atoms with Crippen molar-refractivity contribution in [1.82, 2.24) is 15.5 Å². The molecule has 6 nitrogen and oxygen atoms in total. The molecule has 160 valence electrons. The molecule has 0 bridgehead atoms. The van der Waals surface area contributed by atoms with Crippen LogP contribution in [0.15, 0.2) is 23.2 Å². The minimum atomic E-state index is 0. The predicted molar refractivity (Wildman–Crippen MR) is 127 cm³/mol. The van der Waals surface area contributed by atoms with Crippen molar-refractivity contribution in [1.29, 1.82) is 0 Å². The van der Waals surface area contributed by atoms with Gasteiger partial charge in [0.1, 0.15) is 11.5 Å². The number of hydrogen-bond donors (Lipinski definition) is 2. The van der Waals surface area contributed by atoms with Gasteiger partial charge in [-0.3, -0.25) is 9.89 Å². The van der Waals surface area contributed by atoms with Gasteiger partial charge in [-0.05, 0) is 56.9 Å². The smallest absolute Gasteiger partial charge is 0.191 e. The van der Waals surface area contributed by atoms with Crippen LogP contribution in [0.25, 0.3) is 0 Å². The van der Waals surface area contributed by atoms with Crippen LogP contribution < -0.4 is 20.1 Å². The molecule has 2 unspecified atom stereocenters. The summed E-state index contributed by atoms with van der Waals surface area (Å²) in [4.78, 5) is 7.31. The molecule has 0 amide bonds. The van der Waals surface area contributed by atoms with Crippen LogP contribution in [-0.2, 0) is 6.42 Å². The number of guanidine groups is 1. The number of hydrogen-bond acceptors (Lipinski definition) is 4. The molecule has 0 spiro atoms. The van der Waals surface area contributed by atoms with Crippen LogP contribution in [0.4, 0.5) is 0 Å². The van der Waals surface area contributed by atoms with E-state index in [2.05, 4.69) is 43.2 Å². The minimum Gasteiger partial charge on any atom is -0.497 e. The molecule has 2 rings (SSSR count). The monoisotopic (exact) mass is 504 g/mol. The summed E-state index contributed by atoms with van der Waals surface area (Å²) in [7, 11) is 3.38. The highest BCUT2D eigenvalue weighted by molar-refractivity contribution is 14.0. The third-order valence-corrected chi connectivity index (χ3v) is 5.18. The first-order valence-corrected chi connectivity index (χ1v) is 9.98. The number of nitrogens with zero attached hydrogens (tertiary/aromatic N) is 2. The van der Waals surface area contributed by atoms with Crippen LogP contribution in [0.1, 0.15) is 33.3 Å². The summed E-state index contributed by atoms with van der Waals surface area (Å²) in [5, 5.41) is 7.01. The van der Waals surface area contributed by atoms with Gasteiger partial charge in [0, 0.05) is 38.3 Å². The largest absolute Gasteiger partial charge is 0.497 e. The minimum absolute atomic E-state index is 0. The number of halogens is 1. The molecule has 1 aromatic rings. The van der Waals surface area contributed by atoms with Crippen molar-refractivity contribution in [2.24, 2.45) is 10.9 Å². The Morgan fingerprint density at radius 3 is 2.57 bits per heavy atom. The van der Waals surface area contributed by atoms with Crippen LogP contribution in [-0.4, -0.2) is 63.3 Å². The van der Waals surface area contributed by atoms with E-state index in [1.807, 2.05) is 18.2 Å². The van der Waals surface area contributed by atoms with Crippen molar-refractivity contribution in [3.05, 3.63) is 23.8 Å². The number of aliphatic imine (C=N–C) groups is 1. The van der Waals surface area contributed by atoms with Gasteiger partial charge in [-0.1, -0.05) is 6.92 Å². The Labute approximate surface area is 187 Å². The standard InChI is InChI=1S/C21H36N4O2.HI/c1-7-22-21(24-19-14-25(15(2)3)13-16(19)4)23-11-10-17-12-18(26-5)8-9-20(17)27-6;/h8-9,12,15-16,19H,7,10-11,13-14H2,1-6H3,(H2,22,23,24);1H. The van der Waals surface area contributed by atoms with Crippen LogP contribution in [0.5, 0.6) is 11.5 Å². The first-order chi connectivity index (χ1) is 13.0. The Morgan fingerprint density at radius 2 is 2.00 bits per heavy atom. The lowest BCUT2D eigenvalue weighted by molar-refractivity contribution is 0.265. The second-order valence-electron chi connectivity index (χ2n) is 7.46. The summed E-state index contributed by atoms with van der Waals surface area (Å²) in [6.45, 7) is 12.7. The normalized spacial score (nSPS) is 20.0. The van der Waals surface area contributed by atoms with E-state index in [9.17, 15) is 0 Å². The molecule has 1 aliphatic heterocycles. The lowest BCUT2D eigenvalue weighted by Gasteiger charge is -2.22. The molecule has 0 aromatic heterocycles. The number of rotatable bonds is 8. The van der Waals surface area contributed by atoms with Gasteiger partial charge < -0.3 is 20.1 Å². The zero-order valence-corrected chi connectivity index (χ0v) is 20.4. The summed E-state index contributed by atoms with van der Waals surface area (Å²) < 4.78 is 10.8. The fraction of sp³-hybridized carbons (Fsp3) is 0.667. The molecule has 28 heavy (non-hydrogen) atoms. The Bertz CT molecular complexity index is 624. The van der Waals surface area contributed by atoms with Crippen molar-refractivity contribution in [2.45, 2.75) is 46.2 Å². The fourth-order valence-electron chi connectivity index (χ4n) is 3.47. The van der Waals surface area contributed by atoms with E-state index in [1.165, 1.54) is 0 Å². The highest BCUT2D eigenvalue weighted by atomic mass is 127. The quantitative estimate of drug-likeness (QED) is 0.324. The zero-order valence-electron chi connectivity index (χ0n) is 18.1. The number of ether oxygens (including phenoxy) is 2. The molecular weight excluding hydrogens is 467 g/mol. The molecular formula is C21H37IN4O2. The predicted octanol–water partition coefficient (Wildman–Crippen LogP) is 3.15. The van der Waals surface area contributed by atoms with Crippen molar-refractivity contribution in [3.63, 3.8) is 0 Å². The van der Waals surface area contributed by atoms with E-state index in [0.29, 0.717) is 24.5 Å². The van der Waals surface area contributed by atoms with E-state index in [0.717, 1.165) is 49.1 Å². The van der Waals surface area contributed by atoms with Gasteiger partial charge in [-0.25, -0.2) is 0 Å². The van der Waals surface area contributed by atoms with Crippen LogP contribution in [0.2, 0.25) is 0 Å². The van der Waals surface area contributed by atoms with Crippen LogP contribution >= 0.6 is 24.0 Å². The maximum Gasteiger partial charge on any atom is 0.191 e. The first kappa shape index (κ1) is 24.8. The summed E-state index contributed by atoms with van der Waals surface area (Å²) >= 11 is 0. The Balaban J connectivity index is 0.00000392. The maximum atomic E-state index is 5.46. The van der Waals surface area contributed by atoms with Crippen molar-refractivity contribution >= 4 is 29.9 Å². The van der Waals surface area contributed by atoms with E-state index in [4.69, 9.17) is 14.5 Å². The van der Waals surface area contributed by atoms with E-state index >= 15 is 0 Å². The van der Waals surface area contributed by atoms with Gasteiger partial charge in [0.15, 0.2) is 5.96 Å². The second kappa shape index (κ2) is 12.4. The van der Waals surface area contributed by atoms with E-state index in [1.54, 1.807) is 14.2 Å². The second-order valence-corrected chi connectivity index (χ2v) is 7.46. The Morgan fingerprint density at radius 1 is 1.25 bits per heavy atom. The van der Waals surface area contributed by atoms with Crippen LogP contribution in [0.3, 0.4) is 0 Å². The van der Waals surface area contributed by atoms with E-state index < -0.39 is 0 Å². The van der Waals surface area contributed by atoms with Gasteiger partial charge in [-0.2, -0.15) is 0 Å². The molecule has 1 heterocycles. The average Bonchev–Trinajstić information content (AvgIpc) is 3.02. The van der Waals surface area contributed by atoms with Gasteiger partial charge in [0.25, 0.3) is 0 Å². The van der Waals surface area contributed by atoms with Crippen molar-refractivity contribution in [2.75, 3.05) is 40.4 Å². The number of nitrogens with one attached hydrogen (secondary N) is 2. The Hall–Kier alpha value is -1.22. The summed E-state index contributed by atoms with van der Waals surface area (Å²) in [5.74, 6) is 3.21. The van der Waals surface area contributed by atoms with Gasteiger partial charge in [-0.15, -0.1) is 24.0 Å². The molecule has 0 radical (unpaired) electrons. The van der Waals surface area contributed by atoms with Gasteiger partial charge >= 0.3 is 0 Å². The Kier molecular flexibility index (Phi) is 11.0. The topological polar surface area (TPSA) is 58.1 Å². The van der Waals surface area contributed by atoms with Crippen molar-refractivity contribution in [3.8, 4) is 11.5 Å². The molecule has 1 aliphatic rings. The van der Waals surface area contributed by atoms with Crippen molar-refractivity contribution < 1.29 is 9.47 Å². The first-order valence-electron chi connectivity index (χ1n) is 9.98. The molecule has 0 saturated carbocycles. The number of benzene rings is 1. The lowest BCUT2D eigenvalue weighted by atomic mass is 10.1. The molecule has 7 heteroatoms. The van der Waals surface area contributed by atoms with Gasteiger partial charge in [0.2, 0.25) is 0 Å². The summed E-state index contributed by atoms with van der Waals surface area (Å²) in [6.07, 6.45) is 0.801. The van der Waals surface area contributed by atoms with Gasteiger partial charge in [0.05, 0.1) is 14.2 Å². The zero-order chi connectivity index (χ0) is 19.8. The maximum absolute atomic E-state index is 5.46. The number of likely N-dealkylation sites (tertiary alicyclic amines) is 1. The molecule has 1 fully saturated rings. The molecule has 2 N–H and O–H groups in total. The van der Waals surface area contributed by atoms with Crippen LogP contribution in [0, 0.1) is 5.92 Å². The fourth-order valence-corrected chi connectivity index (χ4v) is 3.47. The van der Waals surface area contributed by atoms with E-state index in [-0.39, 0.29) is 24.0 Å². The number of methoxy groups -OCH3 is 2. The SMILES string of the molecule is CCNC(=NCCc1cc(OC)ccc1OC)NC1CN(C(C)C)CC1C.I. The molecule has 1 aromatic carbocycles. The highest BCUT2D eigenvalue weighted by Gasteiger charge is 2.31. The third kappa shape index (κ3) is 6.99. The summed E-state index contributed by atoms with van der Waals surface area (Å²) in [5.41, 5.74) is 1.11. The molecule has 2 atom stereocenters. The molecule has 1 saturated heterocycles. The third-order valence-electron chi connectivity index (χ3n) is 5.18. The highest BCUT2D eigenvalue weighted by Crippen LogP contribution is 2.24. The lowest BCUT2D eigenvalue weighted by Crippen LogP contribution is -2.47. The molecule has 0 aliphatic carbocycles. The average molecular weight is 504 g/mol. The summed E-state index contributed by atoms with van der Waals surface area (Å²) in [6, 6.07) is 6.89.